The lowest BCUT2D eigenvalue weighted by Crippen LogP contribution is -2.17. The van der Waals surface area contributed by atoms with Crippen LogP contribution in [0.15, 0.2) is 64.5 Å². The molecule has 7 nitrogen and oxygen atoms in total. The molecule has 0 aliphatic carbocycles. The minimum absolute atomic E-state index is 0.125. The van der Waals surface area contributed by atoms with Crippen LogP contribution in [0.3, 0.4) is 0 Å². The van der Waals surface area contributed by atoms with Crippen LogP contribution < -0.4 is 10.3 Å². The fourth-order valence-corrected chi connectivity index (χ4v) is 3.51. The first-order chi connectivity index (χ1) is 13.5. The number of hydrogen-bond acceptors (Lipinski definition) is 5. The van der Waals surface area contributed by atoms with Gasteiger partial charge in [-0.15, -0.1) is 0 Å². The van der Waals surface area contributed by atoms with Crippen LogP contribution >= 0.6 is 22.9 Å². The van der Waals surface area contributed by atoms with Crippen molar-refractivity contribution in [1.82, 2.24) is 9.99 Å². The van der Waals surface area contributed by atoms with E-state index in [0.717, 1.165) is 11.3 Å². The van der Waals surface area contributed by atoms with E-state index in [9.17, 15) is 14.4 Å². The molecular weight excluding hydrogens is 402 g/mol. The molecule has 0 fully saturated rings. The van der Waals surface area contributed by atoms with E-state index in [4.69, 9.17) is 16.7 Å². The first-order valence-corrected chi connectivity index (χ1v) is 9.25. The molecule has 2 N–H and O–H groups in total. The van der Waals surface area contributed by atoms with Gasteiger partial charge in [0.1, 0.15) is 5.15 Å². The van der Waals surface area contributed by atoms with Crippen LogP contribution in [-0.4, -0.2) is 27.8 Å². The Labute approximate surface area is 168 Å². The molecule has 0 saturated carbocycles. The van der Waals surface area contributed by atoms with E-state index in [-0.39, 0.29) is 28.0 Å². The number of carboxylic acids is 1. The second-order valence-corrected chi connectivity index (χ2v) is 7.03. The van der Waals surface area contributed by atoms with Crippen LogP contribution in [0.1, 0.15) is 31.2 Å². The van der Waals surface area contributed by atoms with Crippen LogP contribution in [0.4, 0.5) is 0 Å². The van der Waals surface area contributed by atoms with Crippen LogP contribution in [0.2, 0.25) is 5.15 Å². The third-order valence-corrected chi connectivity index (χ3v) is 5.19. The van der Waals surface area contributed by atoms with E-state index in [0.29, 0.717) is 16.0 Å². The number of carbonyl (C=O) groups is 2. The van der Waals surface area contributed by atoms with Crippen molar-refractivity contribution < 1.29 is 14.7 Å². The summed E-state index contributed by atoms with van der Waals surface area (Å²) < 4.78 is 1.31. The van der Waals surface area contributed by atoms with Gasteiger partial charge in [-0.05, 0) is 29.8 Å². The lowest BCUT2D eigenvalue weighted by atomic mass is 10.1. The van der Waals surface area contributed by atoms with Gasteiger partial charge in [0.2, 0.25) is 0 Å². The maximum absolute atomic E-state index is 12.2. The van der Waals surface area contributed by atoms with Crippen LogP contribution in [0.5, 0.6) is 0 Å². The number of hydrazone groups is 1. The highest BCUT2D eigenvalue weighted by molar-refractivity contribution is 7.11. The maximum Gasteiger partial charge on any atom is 0.335 e. The van der Waals surface area contributed by atoms with Crippen LogP contribution in [-0.2, 0) is 6.54 Å². The number of rotatable bonds is 6. The van der Waals surface area contributed by atoms with E-state index in [1.165, 1.54) is 22.9 Å². The van der Waals surface area contributed by atoms with Crippen molar-refractivity contribution in [3.05, 3.63) is 91.0 Å². The fourth-order valence-electron chi connectivity index (χ4n) is 2.41. The zero-order valence-corrected chi connectivity index (χ0v) is 15.9. The molecule has 9 heteroatoms. The summed E-state index contributed by atoms with van der Waals surface area (Å²) in [6.07, 6.45) is 1.30. The molecule has 1 amide bonds. The predicted octanol–water partition coefficient (Wildman–Crippen LogP) is 3.07. The molecule has 142 valence electrons. The molecule has 28 heavy (non-hydrogen) atoms. The summed E-state index contributed by atoms with van der Waals surface area (Å²) in [4.78, 5) is 35.3. The summed E-state index contributed by atoms with van der Waals surface area (Å²) in [7, 11) is 0. The van der Waals surface area contributed by atoms with Crippen molar-refractivity contribution in [2.24, 2.45) is 5.10 Å². The van der Waals surface area contributed by atoms with Crippen molar-refractivity contribution >= 4 is 41.0 Å². The molecule has 0 spiro atoms. The third-order valence-electron chi connectivity index (χ3n) is 3.76. The second-order valence-electron chi connectivity index (χ2n) is 5.68. The Balaban J connectivity index is 1.75. The van der Waals surface area contributed by atoms with E-state index >= 15 is 0 Å². The van der Waals surface area contributed by atoms with Crippen LogP contribution in [0.25, 0.3) is 0 Å². The molecular formula is C19H14ClN3O4S. The van der Waals surface area contributed by atoms with Gasteiger partial charge in [-0.1, -0.05) is 53.3 Å². The first kappa shape index (κ1) is 19.5. The minimum Gasteiger partial charge on any atom is -0.478 e. The number of carboxylic acid groups (broad SMARTS) is 1. The third kappa shape index (κ3) is 4.54. The molecule has 0 bridgehead atoms. The average molecular weight is 416 g/mol. The summed E-state index contributed by atoms with van der Waals surface area (Å²) in [5.74, 6) is -1.43. The number of thiazole rings is 1. The molecule has 0 radical (unpaired) electrons. The Bertz CT molecular complexity index is 1110. The number of hydrogen-bond donors (Lipinski definition) is 2. The predicted molar refractivity (Wildman–Crippen MR) is 108 cm³/mol. The summed E-state index contributed by atoms with van der Waals surface area (Å²) in [5.41, 5.74) is 3.58. The van der Waals surface area contributed by atoms with E-state index < -0.39 is 5.97 Å². The lowest BCUT2D eigenvalue weighted by Gasteiger charge is -2.05. The van der Waals surface area contributed by atoms with E-state index in [1.54, 1.807) is 42.5 Å². The summed E-state index contributed by atoms with van der Waals surface area (Å²) in [5, 5.41) is 13.1. The molecule has 2 aromatic carbocycles. The molecule has 1 aromatic heterocycles. The molecule has 0 saturated heterocycles. The molecule has 0 aliphatic rings. The van der Waals surface area contributed by atoms with Crippen molar-refractivity contribution in [1.29, 1.82) is 0 Å². The lowest BCUT2D eigenvalue weighted by molar-refractivity contribution is 0.0696. The van der Waals surface area contributed by atoms with Crippen molar-refractivity contribution in [2.75, 3.05) is 0 Å². The Hall–Kier alpha value is -3.23. The number of nitrogens with zero attached hydrogens (tertiary/aromatic N) is 2. The second kappa shape index (κ2) is 8.64. The zero-order valence-electron chi connectivity index (χ0n) is 14.3. The number of benzene rings is 2. The zero-order chi connectivity index (χ0) is 20.1. The van der Waals surface area contributed by atoms with Crippen molar-refractivity contribution in [3.8, 4) is 0 Å². The van der Waals surface area contributed by atoms with Gasteiger partial charge in [0.25, 0.3) is 5.91 Å². The Morgan fingerprint density at radius 2 is 1.86 bits per heavy atom. The number of amides is 1. The number of carbonyl (C=O) groups excluding carboxylic acids is 1. The van der Waals surface area contributed by atoms with Crippen molar-refractivity contribution in [2.45, 2.75) is 6.54 Å². The molecule has 0 unspecified atom stereocenters. The average Bonchev–Trinajstić information content (AvgIpc) is 2.96. The van der Waals surface area contributed by atoms with Crippen LogP contribution in [0, 0.1) is 0 Å². The van der Waals surface area contributed by atoms with Gasteiger partial charge < -0.3 is 5.11 Å². The quantitative estimate of drug-likeness (QED) is 0.477. The number of aromatic nitrogens is 1. The Morgan fingerprint density at radius 1 is 1.14 bits per heavy atom. The highest BCUT2D eigenvalue weighted by atomic mass is 35.5. The monoisotopic (exact) mass is 415 g/mol. The molecule has 1 heterocycles. The minimum atomic E-state index is -1.05. The Kier molecular flexibility index (Phi) is 6.03. The number of aromatic carboxylic acids is 1. The largest absolute Gasteiger partial charge is 0.478 e. The highest BCUT2D eigenvalue weighted by Gasteiger charge is 2.13. The van der Waals surface area contributed by atoms with Gasteiger partial charge in [0.15, 0.2) is 0 Å². The molecule has 0 atom stereocenters. The van der Waals surface area contributed by atoms with E-state index in [1.807, 2.05) is 0 Å². The van der Waals surface area contributed by atoms with Gasteiger partial charge in [0.05, 0.1) is 23.2 Å². The number of nitrogens with one attached hydrogen (secondary N) is 1. The van der Waals surface area contributed by atoms with Gasteiger partial charge in [-0.25, -0.2) is 10.2 Å². The van der Waals surface area contributed by atoms with Gasteiger partial charge >= 0.3 is 10.8 Å². The fraction of sp³-hybridized carbons (Fsp3) is 0.0526. The molecule has 3 rings (SSSR count). The Morgan fingerprint density at radius 3 is 2.57 bits per heavy atom. The number of halogens is 1. The first-order valence-electron chi connectivity index (χ1n) is 8.05. The smallest absolute Gasteiger partial charge is 0.335 e. The van der Waals surface area contributed by atoms with Gasteiger partial charge in [0, 0.05) is 5.56 Å². The molecule has 0 aliphatic heterocycles. The summed E-state index contributed by atoms with van der Waals surface area (Å²) in [6.45, 7) is 0.125. The SMILES string of the molecule is O=C(O)c1cccc(Cn2c(Cl)c(/C=N/NC(=O)c3ccccc3)sc2=O)c1. The van der Waals surface area contributed by atoms with Crippen molar-refractivity contribution in [3.63, 3.8) is 0 Å². The normalized spacial score (nSPS) is 10.9. The van der Waals surface area contributed by atoms with E-state index in [2.05, 4.69) is 10.5 Å². The standard InChI is InChI=1S/C19H14ClN3O4S/c20-16-15(10-21-22-17(24)13-6-2-1-3-7-13)28-19(27)23(16)11-12-5-4-8-14(9-12)18(25)26/h1-10H,11H2,(H,22,24)(H,25,26)/b21-10+. The highest BCUT2D eigenvalue weighted by Crippen LogP contribution is 2.18. The summed E-state index contributed by atoms with van der Waals surface area (Å²) in [6, 6.07) is 14.8. The topological polar surface area (TPSA) is 101 Å². The summed E-state index contributed by atoms with van der Waals surface area (Å²) >= 11 is 7.14. The van der Waals surface area contributed by atoms with Gasteiger partial charge in [-0.2, -0.15) is 5.10 Å². The maximum atomic E-state index is 12.2. The van der Waals surface area contributed by atoms with Gasteiger partial charge in [-0.3, -0.25) is 14.2 Å². The molecule has 3 aromatic rings.